The van der Waals surface area contributed by atoms with Crippen LogP contribution in [0.15, 0.2) is 18.2 Å². The Hall–Kier alpha value is -4.20. The highest BCUT2D eigenvalue weighted by Gasteiger charge is 2.29. The molecule has 0 spiro atoms. The fourth-order valence-electron chi connectivity index (χ4n) is 5.10. The second-order valence-corrected chi connectivity index (χ2v) is 11.2. The molecule has 3 N–H and O–H groups in total. The van der Waals surface area contributed by atoms with Crippen LogP contribution >= 0.6 is 0 Å². The van der Waals surface area contributed by atoms with Gasteiger partial charge in [0.2, 0.25) is 23.6 Å². The molecular weight excluding hydrogens is 582 g/mol. The second kappa shape index (κ2) is 17.3. The van der Waals surface area contributed by atoms with Crippen LogP contribution in [0.2, 0.25) is 0 Å². The van der Waals surface area contributed by atoms with Crippen molar-refractivity contribution in [1.29, 1.82) is 0 Å². The molecule has 1 aromatic carbocycles. The first-order valence-electron chi connectivity index (χ1n) is 15.4. The number of ether oxygens (including phenoxy) is 3. The van der Waals surface area contributed by atoms with Crippen LogP contribution in [0.25, 0.3) is 0 Å². The molecule has 0 fully saturated rings. The number of fused-ring (bicyclic) bond motifs is 1. The Kier molecular flexibility index (Phi) is 13.6. The molecule has 1 aliphatic rings. The summed E-state index contributed by atoms with van der Waals surface area (Å²) in [5.74, 6) is 0.779. The first kappa shape index (κ1) is 35.3. The number of carbonyl (C=O) groups excluding carboxylic acids is 4. The number of amides is 4. The lowest BCUT2D eigenvalue weighted by Gasteiger charge is -2.26. The fourth-order valence-corrected chi connectivity index (χ4v) is 5.10. The van der Waals surface area contributed by atoms with Gasteiger partial charge in [0.05, 0.1) is 20.3 Å². The largest absolute Gasteiger partial charge is 0.493 e. The lowest BCUT2D eigenvalue weighted by atomic mass is 9.97. The van der Waals surface area contributed by atoms with E-state index in [1.807, 2.05) is 26.0 Å². The molecule has 0 radical (unpaired) electrons. The van der Waals surface area contributed by atoms with Gasteiger partial charge in [0.1, 0.15) is 25.0 Å². The van der Waals surface area contributed by atoms with Crippen LogP contribution in [0.5, 0.6) is 11.5 Å². The van der Waals surface area contributed by atoms with Gasteiger partial charge in [-0.05, 0) is 43.4 Å². The highest BCUT2D eigenvalue weighted by atomic mass is 16.5. The lowest BCUT2D eigenvalue weighted by molar-refractivity contribution is -0.135. The number of hydrogen-bond acceptors (Lipinski definition) is 9. The Balaban J connectivity index is 1.90. The lowest BCUT2D eigenvalue weighted by Crippen LogP contribution is -2.51. The molecule has 0 aliphatic carbocycles. The van der Waals surface area contributed by atoms with Crippen molar-refractivity contribution in [2.75, 3.05) is 47.6 Å². The van der Waals surface area contributed by atoms with Gasteiger partial charge in [-0.25, -0.2) is 9.67 Å². The number of benzene rings is 1. The maximum absolute atomic E-state index is 13.5. The molecule has 14 nitrogen and oxygen atoms in total. The zero-order valence-corrected chi connectivity index (χ0v) is 27.2. The van der Waals surface area contributed by atoms with Crippen molar-refractivity contribution < 1.29 is 33.4 Å². The van der Waals surface area contributed by atoms with E-state index in [-0.39, 0.29) is 49.1 Å². The van der Waals surface area contributed by atoms with Gasteiger partial charge in [0, 0.05) is 39.6 Å². The highest BCUT2D eigenvalue weighted by Crippen LogP contribution is 2.28. The van der Waals surface area contributed by atoms with E-state index < -0.39 is 12.1 Å². The van der Waals surface area contributed by atoms with Crippen LogP contribution in [0.1, 0.15) is 69.7 Å². The SMILES string of the molecule is CC[C@H](C)[C@@H]1NC(=O)CCCN(C(=O)COC)CCCNC(=O)Cn2nc(Cc3ccc(OC)c(OC)c3)nc2[C@@H](C)NC1=O. The fraction of sp³-hybridized carbons (Fsp3) is 0.613. The number of methoxy groups -OCH3 is 3. The Morgan fingerprint density at radius 2 is 1.78 bits per heavy atom. The van der Waals surface area contributed by atoms with Crippen molar-refractivity contribution in [1.82, 2.24) is 35.6 Å². The van der Waals surface area contributed by atoms with E-state index in [1.165, 1.54) is 11.8 Å². The van der Waals surface area contributed by atoms with Crippen LogP contribution < -0.4 is 25.4 Å². The smallest absolute Gasteiger partial charge is 0.248 e. The quantitative estimate of drug-likeness (QED) is 0.391. The number of nitrogens with zero attached hydrogens (tertiary/aromatic N) is 4. The molecule has 1 aliphatic heterocycles. The van der Waals surface area contributed by atoms with E-state index in [4.69, 9.17) is 19.2 Å². The summed E-state index contributed by atoms with van der Waals surface area (Å²) < 4.78 is 17.3. The van der Waals surface area contributed by atoms with E-state index in [2.05, 4.69) is 21.0 Å². The van der Waals surface area contributed by atoms with Gasteiger partial charge < -0.3 is 35.1 Å². The zero-order chi connectivity index (χ0) is 32.9. The Labute approximate surface area is 264 Å². The molecule has 248 valence electrons. The van der Waals surface area contributed by atoms with E-state index in [0.717, 1.165) is 5.56 Å². The van der Waals surface area contributed by atoms with Gasteiger partial charge in [-0.2, -0.15) is 5.10 Å². The molecule has 45 heavy (non-hydrogen) atoms. The molecule has 3 atom stereocenters. The maximum Gasteiger partial charge on any atom is 0.248 e. The summed E-state index contributed by atoms with van der Waals surface area (Å²) in [6.07, 6.45) is 2.10. The van der Waals surface area contributed by atoms with E-state index in [9.17, 15) is 19.2 Å². The molecule has 2 aromatic rings. The minimum Gasteiger partial charge on any atom is -0.493 e. The number of hydrogen-bond donors (Lipinski definition) is 3. The minimum atomic E-state index is -0.777. The molecule has 0 unspecified atom stereocenters. The summed E-state index contributed by atoms with van der Waals surface area (Å²) >= 11 is 0. The van der Waals surface area contributed by atoms with E-state index >= 15 is 0 Å². The van der Waals surface area contributed by atoms with Crippen molar-refractivity contribution in [3.63, 3.8) is 0 Å². The second-order valence-electron chi connectivity index (χ2n) is 11.2. The van der Waals surface area contributed by atoms with Gasteiger partial charge in [-0.3, -0.25) is 19.2 Å². The molecule has 1 aromatic heterocycles. The Bertz CT molecular complexity index is 1320. The number of carbonyl (C=O) groups is 4. The number of nitrogens with one attached hydrogen (secondary N) is 3. The van der Waals surface area contributed by atoms with Crippen molar-refractivity contribution >= 4 is 23.6 Å². The third kappa shape index (κ3) is 10.2. The predicted octanol–water partition coefficient (Wildman–Crippen LogP) is 1.37. The molecule has 0 saturated carbocycles. The number of aromatic nitrogens is 3. The molecule has 2 heterocycles. The van der Waals surface area contributed by atoms with E-state index in [1.54, 1.807) is 32.1 Å². The van der Waals surface area contributed by atoms with Gasteiger partial charge in [-0.15, -0.1) is 0 Å². The van der Waals surface area contributed by atoms with E-state index in [0.29, 0.717) is 68.5 Å². The summed E-state index contributed by atoms with van der Waals surface area (Å²) in [4.78, 5) is 58.4. The van der Waals surface area contributed by atoms with Gasteiger partial charge in [0.25, 0.3) is 0 Å². The molecule has 4 amide bonds. The summed E-state index contributed by atoms with van der Waals surface area (Å²) in [6, 6.07) is 4.13. The standard InChI is InChI=1S/C31H47N7O7/c1-7-20(2)29-31(42)33-21(3)30-34-25(17-22-11-12-23(44-5)24(16-22)45-6)36-38(30)18-27(40)32-13-9-15-37(28(41)19-43-4)14-8-10-26(39)35-29/h11-12,16,20-21,29H,7-10,13-15,17-19H2,1-6H3,(H,32,40)(H,33,42)(H,35,39)/t20-,21+,29-/m0/s1. The van der Waals surface area contributed by atoms with Crippen LogP contribution in [-0.4, -0.2) is 96.9 Å². The summed E-state index contributed by atoms with van der Waals surface area (Å²) in [7, 11) is 4.58. The molecular formula is C31H47N7O7. The highest BCUT2D eigenvalue weighted by molar-refractivity contribution is 5.88. The molecule has 3 rings (SSSR count). The van der Waals surface area contributed by atoms with Gasteiger partial charge in [0.15, 0.2) is 17.3 Å². The van der Waals surface area contributed by atoms with Crippen LogP contribution in [0, 0.1) is 5.92 Å². The average molecular weight is 630 g/mol. The normalized spacial score (nSPS) is 19.7. The van der Waals surface area contributed by atoms with Crippen LogP contribution in [0.3, 0.4) is 0 Å². The summed E-state index contributed by atoms with van der Waals surface area (Å²) in [5.41, 5.74) is 0.870. The topological polar surface area (TPSA) is 166 Å². The third-order valence-corrected chi connectivity index (χ3v) is 7.79. The van der Waals surface area contributed by atoms with Crippen molar-refractivity contribution in [2.45, 2.75) is 71.5 Å². The van der Waals surface area contributed by atoms with Crippen molar-refractivity contribution in [3.8, 4) is 11.5 Å². The molecule has 14 heteroatoms. The Morgan fingerprint density at radius 3 is 2.47 bits per heavy atom. The zero-order valence-electron chi connectivity index (χ0n) is 27.2. The van der Waals surface area contributed by atoms with Crippen molar-refractivity contribution in [2.24, 2.45) is 5.92 Å². The van der Waals surface area contributed by atoms with Crippen molar-refractivity contribution in [3.05, 3.63) is 35.4 Å². The molecule has 0 saturated heterocycles. The minimum absolute atomic E-state index is 0.0757. The van der Waals surface area contributed by atoms with Gasteiger partial charge in [-0.1, -0.05) is 26.3 Å². The first-order valence-corrected chi connectivity index (χ1v) is 15.4. The monoisotopic (exact) mass is 629 g/mol. The Morgan fingerprint density at radius 1 is 1.04 bits per heavy atom. The van der Waals surface area contributed by atoms with Gasteiger partial charge >= 0.3 is 0 Å². The first-order chi connectivity index (χ1) is 21.6. The van der Waals surface area contributed by atoms with Crippen LogP contribution in [-0.2, 0) is 36.9 Å². The predicted molar refractivity (Wildman–Crippen MR) is 166 cm³/mol. The summed E-state index contributed by atoms with van der Waals surface area (Å²) in [6.45, 7) is 6.51. The average Bonchev–Trinajstić information content (AvgIpc) is 3.41. The molecule has 0 bridgehead atoms. The van der Waals surface area contributed by atoms with Crippen LogP contribution in [0.4, 0.5) is 0 Å². The maximum atomic E-state index is 13.5. The third-order valence-electron chi connectivity index (χ3n) is 7.79. The summed E-state index contributed by atoms with van der Waals surface area (Å²) in [5, 5.41) is 13.4. The number of rotatable bonds is 8.